The molecule has 0 unspecified atom stereocenters. The number of rotatable bonds is 12. The second-order valence-electron chi connectivity index (χ2n) is 8.10. The summed E-state index contributed by atoms with van der Waals surface area (Å²) in [6.45, 7) is 0.886. The lowest BCUT2D eigenvalue weighted by molar-refractivity contribution is -0.136. The Morgan fingerprint density at radius 2 is 1.64 bits per heavy atom. The Balaban J connectivity index is 1.56. The quantitative estimate of drug-likeness (QED) is 0.264. The zero-order valence-electron chi connectivity index (χ0n) is 19.4. The van der Waals surface area contributed by atoms with Crippen LogP contribution in [0, 0.1) is 0 Å². The number of hydrogen-bond acceptors (Lipinski definition) is 6. The lowest BCUT2D eigenvalue weighted by Crippen LogP contribution is -2.26. The molecule has 0 saturated heterocycles. The van der Waals surface area contributed by atoms with Crippen LogP contribution in [0.3, 0.4) is 0 Å². The van der Waals surface area contributed by atoms with Gasteiger partial charge in [0.2, 0.25) is 9.84 Å². The smallest absolute Gasteiger partial charge is 0.305 e. The van der Waals surface area contributed by atoms with Gasteiger partial charge in [0.1, 0.15) is 0 Å². The number of benzene rings is 3. The number of carboxylic acid groups (broad SMARTS) is 1. The number of carbonyl (C=O) groups excluding carboxylic acids is 1. The van der Waals surface area contributed by atoms with Gasteiger partial charge in [-0.2, -0.15) is 0 Å². The van der Waals surface area contributed by atoms with E-state index in [-0.39, 0.29) is 28.3 Å². The van der Waals surface area contributed by atoms with Gasteiger partial charge < -0.3 is 20.8 Å². The van der Waals surface area contributed by atoms with E-state index in [0.29, 0.717) is 24.5 Å². The molecule has 10 heteroatoms. The lowest BCUT2D eigenvalue weighted by Gasteiger charge is -2.13. The van der Waals surface area contributed by atoms with Crippen molar-refractivity contribution in [2.45, 2.75) is 28.7 Å². The molecule has 0 bridgehead atoms. The third kappa shape index (κ3) is 7.63. The molecular weight excluding hydrogens is 504 g/mol. The lowest BCUT2D eigenvalue weighted by atomic mass is 10.1. The maximum atomic E-state index is 13.1. The Morgan fingerprint density at radius 1 is 0.917 bits per heavy atom. The fraction of sp³-hybridized carbons (Fsp3) is 0.231. The summed E-state index contributed by atoms with van der Waals surface area (Å²) in [5, 5.41) is 25.1. The van der Waals surface area contributed by atoms with E-state index in [0.717, 1.165) is 11.1 Å². The maximum absolute atomic E-state index is 13.1. The number of aliphatic hydroxyl groups excluding tert-OH is 1. The zero-order valence-corrected chi connectivity index (χ0v) is 20.9. The average Bonchev–Trinajstić information content (AvgIpc) is 2.86. The predicted molar refractivity (Wildman–Crippen MR) is 136 cm³/mol. The molecule has 0 spiro atoms. The Labute approximate surface area is 214 Å². The van der Waals surface area contributed by atoms with Crippen molar-refractivity contribution in [3.8, 4) is 0 Å². The molecule has 36 heavy (non-hydrogen) atoms. The van der Waals surface area contributed by atoms with Crippen molar-refractivity contribution < 1.29 is 28.2 Å². The van der Waals surface area contributed by atoms with Gasteiger partial charge in [-0.25, -0.2) is 8.42 Å². The second-order valence-corrected chi connectivity index (χ2v) is 10.5. The van der Waals surface area contributed by atoms with Crippen molar-refractivity contribution in [2.75, 3.05) is 19.6 Å². The van der Waals surface area contributed by atoms with Crippen LogP contribution in [0.2, 0.25) is 5.02 Å². The normalized spacial score (nSPS) is 12.2. The van der Waals surface area contributed by atoms with Crippen molar-refractivity contribution >= 4 is 33.3 Å². The summed E-state index contributed by atoms with van der Waals surface area (Å²) >= 11 is 5.95. The molecule has 3 rings (SSSR count). The van der Waals surface area contributed by atoms with Crippen LogP contribution in [0.5, 0.6) is 0 Å². The molecule has 3 aromatic rings. The van der Waals surface area contributed by atoms with E-state index in [1.54, 1.807) is 36.4 Å². The molecule has 0 heterocycles. The van der Waals surface area contributed by atoms with Crippen LogP contribution < -0.4 is 10.6 Å². The van der Waals surface area contributed by atoms with Crippen molar-refractivity contribution in [3.05, 3.63) is 94.5 Å². The van der Waals surface area contributed by atoms with Crippen LogP contribution in [0.1, 0.15) is 34.0 Å². The monoisotopic (exact) mass is 530 g/mol. The number of amides is 1. The first-order chi connectivity index (χ1) is 17.2. The van der Waals surface area contributed by atoms with Gasteiger partial charge in [0.25, 0.3) is 5.91 Å². The zero-order chi connectivity index (χ0) is 26.1. The first kappa shape index (κ1) is 27.3. The first-order valence-corrected chi connectivity index (χ1v) is 13.1. The van der Waals surface area contributed by atoms with Crippen molar-refractivity contribution in [1.82, 2.24) is 10.6 Å². The van der Waals surface area contributed by atoms with Crippen LogP contribution >= 0.6 is 11.6 Å². The van der Waals surface area contributed by atoms with Gasteiger partial charge in [-0.1, -0.05) is 41.9 Å². The highest BCUT2D eigenvalue weighted by atomic mass is 35.5. The van der Waals surface area contributed by atoms with Gasteiger partial charge in [0.15, 0.2) is 0 Å². The highest BCUT2D eigenvalue weighted by molar-refractivity contribution is 7.91. The Bertz CT molecular complexity index is 1310. The van der Waals surface area contributed by atoms with Gasteiger partial charge in [0, 0.05) is 23.7 Å². The summed E-state index contributed by atoms with van der Waals surface area (Å²) in [5.41, 5.74) is 1.78. The van der Waals surface area contributed by atoms with Crippen LogP contribution in [-0.4, -0.2) is 50.1 Å². The number of sulfone groups is 1. The predicted octanol–water partition coefficient (Wildman–Crippen LogP) is 3.24. The molecule has 1 atom stereocenters. The molecule has 0 fully saturated rings. The average molecular weight is 531 g/mol. The fourth-order valence-electron chi connectivity index (χ4n) is 3.46. The fourth-order valence-corrected chi connectivity index (χ4v) is 4.97. The molecule has 0 radical (unpaired) electrons. The number of carboxylic acids is 1. The number of nitrogens with one attached hydrogen (secondary N) is 2. The van der Waals surface area contributed by atoms with Gasteiger partial charge in [-0.15, -0.1) is 0 Å². The third-order valence-corrected chi connectivity index (χ3v) is 7.43. The topological polar surface area (TPSA) is 133 Å². The van der Waals surface area contributed by atoms with E-state index in [1.165, 1.54) is 36.4 Å². The second kappa shape index (κ2) is 12.6. The highest BCUT2D eigenvalue weighted by Crippen LogP contribution is 2.22. The summed E-state index contributed by atoms with van der Waals surface area (Å²) in [5.74, 6) is -1.59. The Hall–Kier alpha value is -3.24. The molecule has 190 valence electrons. The van der Waals surface area contributed by atoms with E-state index < -0.39 is 27.8 Å². The molecule has 3 aromatic carbocycles. The molecule has 0 aliphatic rings. The van der Waals surface area contributed by atoms with E-state index in [2.05, 4.69) is 10.6 Å². The number of halogens is 1. The molecule has 0 aromatic heterocycles. The summed E-state index contributed by atoms with van der Waals surface area (Å²) in [6, 6.07) is 19.2. The molecule has 1 amide bonds. The van der Waals surface area contributed by atoms with Gasteiger partial charge in [-0.3, -0.25) is 9.59 Å². The van der Waals surface area contributed by atoms with Crippen LogP contribution in [0.15, 0.2) is 82.6 Å². The summed E-state index contributed by atoms with van der Waals surface area (Å²) in [4.78, 5) is 22.9. The van der Waals surface area contributed by atoms with Gasteiger partial charge >= 0.3 is 5.97 Å². The number of aliphatic carboxylic acids is 1. The van der Waals surface area contributed by atoms with Crippen LogP contribution in [0.25, 0.3) is 0 Å². The minimum Gasteiger partial charge on any atom is -0.481 e. The minimum absolute atomic E-state index is 0.0298. The van der Waals surface area contributed by atoms with Gasteiger partial charge in [-0.05, 0) is 66.6 Å². The summed E-state index contributed by atoms with van der Waals surface area (Å²) in [6.07, 6.45) is -0.283. The van der Waals surface area contributed by atoms with Crippen molar-refractivity contribution in [2.24, 2.45) is 0 Å². The van der Waals surface area contributed by atoms with Crippen LogP contribution in [-0.2, 0) is 21.1 Å². The summed E-state index contributed by atoms with van der Waals surface area (Å²) < 4.78 is 26.1. The third-order valence-electron chi connectivity index (χ3n) is 5.43. The van der Waals surface area contributed by atoms with E-state index in [1.807, 2.05) is 0 Å². The molecule has 0 aliphatic heterocycles. The number of carbonyl (C=O) groups is 2. The molecule has 0 saturated carbocycles. The number of hydrogen-bond donors (Lipinski definition) is 4. The Morgan fingerprint density at radius 3 is 2.33 bits per heavy atom. The SMILES string of the molecule is O=C(O)CCNC(=O)c1cccc(S(=O)(=O)c2ccc(CCNC[C@@H](O)c3cccc(Cl)c3)cc2)c1. The maximum Gasteiger partial charge on any atom is 0.305 e. The first-order valence-electron chi connectivity index (χ1n) is 11.2. The molecule has 8 nitrogen and oxygen atoms in total. The van der Waals surface area contributed by atoms with E-state index in [4.69, 9.17) is 16.7 Å². The highest BCUT2D eigenvalue weighted by Gasteiger charge is 2.19. The number of aliphatic hydroxyl groups is 1. The molecule has 4 N–H and O–H groups in total. The standard InChI is InChI=1S/C26H27ClN2O6S/c27-21-5-1-3-19(15-21)24(30)17-28-13-11-18-7-9-22(10-8-18)36(34,35)23-6-2-4-20(16-23)26(33)29-14-12-25(31)32/h1-10,15-16,24,28,30H,11-14,17H2,(H,29,33)(H,31,32)/t24-/m1/s1. The minimum atomic E-state index is -3.85. The van der Waals surface area contributed by atoms with Gasteiger partial charge in [0.05, 0.1) is 22.3 Å². The van der Waals surface area contributed by atoms with E-state index in [9.17, 15) is 23.1 Å². The Kier molecular flexibility index (Phi) is 9.60. The van der Waals surface area contributed by atoms with Crippen LogP contribution in [0.4, 0.5) is 0 Å². The molecule has 0 aliphatic carbocycles. The van der Waals surface area contributed by atoms with Crippen molar-refractivity contribution in [3.63, 3.8) is 0 Å². The summed E-state index contributed by atoms with van der Waals surface area (Å²) in [7, 11) is -3.85. The largest absolute Gasteiger partial charge is 0.481 e. The molecular formula is C26H27ClN2O6S. The van der Waals surface area contributed by atoms with Crippen molar-refractivity contribution in [1.29, 1.82) is 0 Å². The van der Waals surface area contributed by atoms with E-state index >= 15 is 0 Å².